The van der Waals surface area contributed by atoms with E-state index in [9.17, 15) is 14.4 Å². The molecule has 0 radical (unpaired) electrons. The van der Waals surface area contributed by atoms with Gasteiger partial charge >= 0.3 is 0 Å². The molecule has 0 aliphatic heterocycles. The molecule has 0 heterocycles. The maximum Gasteiger partial charge on any atom is 0.262 e. The van der Waals surface area contributed by atoms with Crippen LogP contribution in [0.2, 0.25) is 0 Å². The Labute approximate surface area is 243 Å². The third-order valence-electron chi connectivity index (χ3n) is 7.79. The molecule has 3 rings (SSSR count). The second-order valence-electron chi connectivity index (χ2n) is 11.4. The lowest BCUT2D eigenvalue weighted by atomic mass is 9.76. The van der Waals surface area contributed by atoms with Crippen LogP contribution in [0, 0.1) is 0 Å². The number of methoxy groups -OCH3 is 1. The lowest BCUT2D eigenvalue weighted by Gasteiger charge is -2.30. The van der Waals surface area contributed by atoms with Crippen LogP contribution < -0.4 is 20.1 Å². The van der Waals surface area contributed by atoms with E-state index in [-0.39, 0.29) is 35.2 Å². The first-order chi connectivity index (χ1) is 19.4. The molecule has 3 aromatic rings. The summed E-state index contributed by atoms with van der Waals surface area (Å²) in [6, 6.07) is 20.0. The molecule has 0 aliphatic rings. The Bertz CT molecular complexity index is 1380. The van der Waals surface area contributed by atoms with Crippen LogP contribution >= 0.6 is 0 Å². The normalized spacial score (nSPS) is 11.5. The van der Waals surface area contributed by atoms with Crippen molar-refractivity contribution >= 4 is 29.0 Å². The molecule has 0 aliphatic carbocycles. The first-order valence-electron chi connectivity index (χ1n) is 14.0. The average molecular weight is 559 g/mol. The Hall–Kier alpha value is -4.13. The van der Waals surface area contributed by atoms with Crippen LogP contribution in [0.25, 0.3) is 0 Å². The summed E-state index contributed by atoms with van der Waals surface area (Å²) in [6.45, 7) is 12.9. The van der Waals surface area contributed by atoms with E-state index < -0.39 is 17.6 Å². The van der Waals surface area contributed by atoms with Gasteiger partial charge in [0.15, 0.2) is 18.1 Å². The number of Topliss-reactive ketones (excluding diaryl/α,β-unsaturated/α-hetero) is 1. The van der Waals surface area contributed by atoms with E-state index >= 15 is 0 Å². The van der Waals surface area contributed by atoms with Crippen molar-refractivity contribution in [2.45, 2.75) is 71.6 Å². The number of hydrogen-bond acceptors (Lipinski definition) is 5. The predicted molar refractivity (Wildman–Crippen MR) is 164 cm³/mol. The monoisotopic (exact) mass is 558 g/mol. The number of ether oxygens (including phenoxy) is 2. The minimum Gasteiger partial charge on any atom is -0.494 e. The molecule has 0 saturated heterocycles. The SMILES string of the molecule is CCC(C)(C)c1ccc(OCC(=O)Nc2cccc(C(=O)CC(=O)Nc3ccccc3)c2OC)c(C(C)(C)CC)c1. The number of carbonyl (C=O) groups excluding carboxylic acids is 3. The summed E-state index contributed by atoms with van der Waals surface area (Å²) in [7, 11) is 1.42. The average Bonchev–Trinajstić information content (AvgIpc) is 2.96. The first-order valence-corrected chi connectivity index (χ1v) is 14.0. The zero-order valence-corrected chi connectivity index (χ0v) is 25.2. The third-order valence-corrected chi connectivity index (χ3v) is 7.79. The minimum atomic E-state index is -0.440. The Morgan fingerprint density at radius 1 is 0.780 bits per heavy atom. The number of benzene rings is 3. The van der Waals surface area contributed by atoms with Gasteiger partial charge in [-0.25, -0.2) is 0 Å². The van der Waals surface area contributed by atoms with E-state index in [0.29, 0.717) is 17.1 Å². The van der Waals surface area contributed by atoms with E-state index in [1.54, 1.807) is 42.5 Å². The molecule has 7 nitrogen and oxygen atoms in total. The van der Waals surface area contributed by atoms with Crippen molar-refractivity contribution in [3.63, 3.8) is 0 Å². The number of amides is 2. The largest absolute Gasteiger partial charge is 0.494 e. The topological polar surface area (TPSA) is 93.7 Å². The number of nitrogens with one attached hydrogen (secondary N) is 2. The van der Waals surface area contributed by atoms with Gasteiger partial charge in [0.2, 0.25) is 5.91 Å². The van der Waals surface area contributed by atoms with Gasteiger partial charge < -0.3 is 20.1 Å². The Morgan fingerprint density at radius 3 is 2.10 bits per heavy atom. The van der Waals surface area contributed by atoms with E-state index in [1.165, 1.54) is 12.7 Å². The maximum absolute atomic E-state index is 13.0. The fourth-order valence-corrected chi connectivity index (χ4v) is 4.37. The predicted octanol–water partition coefficient (Wildman–Crippen LogP) is 7.30. The number of anilines is 2. The molecule has 0 unspecified atom stereocenters. The quantitative estimate of drug-likeness (QED) is 0.170. The lowest BCUT2D eigenvalue weighted by Crippen LogP contribution is -2.24. The molecule has 2 N–H and O–H groups in total. The summed E-state index contributed by atoms with van der Waals surface area (Å²) in [6.07, 6.45) is 1.54. The molecule has 41 heavy (non-hydrogen) atoms. The van der Waals surface area contributed by atoms with Gasteiger partial charge in [0.05, 0.1) is 24.8 Å². The van der Waals surface area contributed by atoms with Crippen molar-refractivity contribution in [2.75, 3.05) is 24.4 Å². The summed E-state index contributed by atoms with van der Waals surface area (Å²) < 4.78 is 11.5. The molecule has 3 aromatic carbocycles. The second kappa shape index (κ2) is 13.5. The molecular formula is C34H42N2O5. The Balaban J connectivity index is 1.73. The van der Waals surface area contributed by atoms with Gasteiger partial charge in [-0.05, 0) is 59.6 Å². The van der Waals surface area contributed by atoms with Gasteiger partial charge in [0.1, 0.15) is 5.75 Å². The molecule has 0 spiro atoms. The van der Waals surface area contributed by atoms with Crippen LogP contribution in [0.3, 0.4) is 0 Å². The van der Waals surface area contributed by atoms with Crippen molar-refractivity contribution in [1.82, 2.24) is 0 Å². The van der Waals surface area contributed by atoms with E-state index in [0.717, 1.165) is 18.4 Å². The van der Waals surface area contributed by atoms with Gasteiger partial charge in [-0.15, -0.1) is 0 Å². The molecule has 0 aromatic heterocycles. The van der Waals surface area contributed by atoms with E-state index in [4.69, 9.17) is 9.47 Å². The Kier molecular flexibility index (Phi) is 10.3. The fourth-order valence-electron chi connectivity index (χ4n) is 4.37. The van der Waals surface area contributed by atoms with Crippen LogP contribution in [-0.2, 0) is 20.4 Å². The molecule has 2 amide bonds. The molecule has 0 bridgehead atoms. The molecule has 0 fully saturated rings. The summed E-state index contributed by atoms with van der Waals surface area (Å²) in [5.41, 5.74) is 3.31. The highest BCUT2D eigenvalue weighted by Crippen LogP contribution is 2.38. The summed E-state index contributed by atoms with van der Waals surface area (Å²) >= 11 is 0. The third kappa shape index (κ3) is 7.97. The minimum absolute atomic E-state index is 0.0235. The van der Waals surface area contributed by atoms with E-state index in [2.05, 4.69) is 64.3 Å². The summed E-state index contributed by atoms with van der Waals surface area (Å²) in [5, 5.41) is 5.50. The zero-order chi connectivity index (χ0) is 30.2. The standard InChI is InChI=1S/C34H42N2O5/c1-8-33(3,4)23-18-19-29(26(20-23)34(5,6)9-2)41-22-31(39)36-27-17-13-16-25(32(27)40-7)28(37)21-30(38)35-24-14-11-10-12-15-24/h10-20H,8-9,21-22H2,1-7H3,(H,35,38)(H,36,39). The van der Waals surface area contributed by atoms with Crippen molar-refractivity contribution in [2.24, 2.45) is 0 Å². The zero-order valence-electron chi connectivity index (χ0n) is 25.2. The number of rotatable bonds is 13. The van der Waals surface area contributed by atoms with Gasteiger partial charge in [-0.2, -0.15) is 0 Å². The summed E-state index contributed by atoms with van der Waals surface area (Å²) in [5.74, 6) is -0.400. The molecule has 218 valence electrons. The second-order valence-corrected chi connectivity index (χ2v) is 11.4. The van der Waals surface area contributed by atoms with Crippen LogP contribution in [-0.4, -0.2) is 31.3 Å². The summed E-state index contributed by atoms with van der Waals surface area (Å²) in [4.78, 5) is 38.4. The van der Waals surface area contributed by atoms with Gasteiger partial charge in [-0.3, -0.25) is 14.4 Å². The van der Waals surface area contributed by atoms with Gasteiger partial charge in [0.25, 0.3) is 5.91 Å². The lowest BCUT2D eigenvalue weighted by molar-refractivity contribution is -0.118. The van der Waals surface area contributed by atoms with Gasteiger partial charge in [-0.1, -0.05) is 77.9 Å². The smallest absolute Gasteiger partial charge is 0.262 e. The highest BCUT2D eigenvalue weighted by Gasteiger charge is 2.27. The van der Waals surface area contributed by atoms with Crippen LogP contribution in [0.1, 0.15) is 82.3 Å². The first kappa shape index (κ1) is 31.4. The molecule has 0 atom stereocenters. The van der Waals surface area contributed by atoms with Crippen LogP contribution in [0.15, 0.2) is 66.7 Å². The van der Waals surface area contributed by atoms with E-state index in [1.807, 2.05) is 12.1 Å². The number of ketones is 1. The number of hydrogen-bond donors (Lipinski definition) is 2. The van der Waals surface area contributed by atoms with Crippen LogP contribution in [0.4, 0.5) is 11.4 Å². The van der Waals surface area contributed by atoms with Crippen molar-refractivity contribution in [3.8, 4) is 11.5 Å². The highest BCUT2D eigenvalue weighted by molar-refractivity contribution is 6.13. The number of para-hydroxylation sites is 2. The molecule has 0 saturated carbocycles. The van der Waals surface area contributed by atoms with Crippen molar-refractivity contribution < 1.29 is 23.9 Å². The molecule has 7 heteroatoms. The maximum atomic E-state index is 13.0. The molecular weight excluding hydrogens is 516 g/mol. The fraction of sp³-hybridized carbons (Fsp3) is 0.382. The van der Waals surface area contributed by atoms with Crippen molar-refractivity contribution in [1.29, 1.82) is 0 Å². The highest BCUT2D eigenvalue weighted by atomic mass is 16.5. The number of carbonyl (C=O) groups is 3. The van der Waals surface area contributed by atoms with Gasteiger partial charge in [0, 0.05) is 11.3 Å². The van der Waals surface area contributed by atoms with Crippen molar-refractivity contribution in [3.05, 3.63) is 83.4 Å². The Morgan fingerprint density at radius 2 is 1.46 bits per heavy atom. The van der Waals surface area contributed by atoms with Crippen LogP contribution in [0.5, 0.6) is 11.5 Å².